The predicted molar refractivity (Wildman–Crippen MR) is 67.2 cm³/mol. The zero-order valence-electron chi connectivity index (χ0n) is 9.96. The summed E-state index contributed by atoms with van der Waals surface area (Å²) in [5, 5.41) is 13.1. The van der Waals surface area contributed by atoms with E-state index < -0.39 is 28.3 Å². The van der Waals surface area contributed by atoms with E-state index in [1.165, 1.54) is 6.07 Å². The number of nitrogens with zero attached hydrogens (tertiary/aromatic N) is 2. The van der Waals surface area contributed by atoms with E-state index in [0.717, 1.165) is 17.0 Å². The van der Waals surface area contributed by atoms with Crippen molar-refractivity contribution in [1.29, 1.82) is 0 Å². The number of nitro benzene ring substituents is 1. The average Bonchev–Trinajstić information content (AvgIpc) is 2.36. The third-order valence-electron chi connectivity index (χ3n) is 2.62. The van der Waals surface area contributed by atoms with Gasteiger partial charge >= 0.3 is 0 Å². The monoisotopic (exact) mass is 297 g/mol. The van der Waals surface area contributed by atoms with Crippen molar-refractivity contribution < 1.29 is 19.3 Å². The molecule has 1 aromatic carbocycles. The maximum Gasteiger partial charge on any atom is 0.282 e. The molecular formula is C11H8ClN3O5. The largest absolute Gasteiger partial charge is 0.320 e. The highest BCUT2D eigenvalue weighted by atomic mass is 35.5. The Labute approximate surface area is 117 Å². The molecule has 0 atom stereocenters. The quantitative estimate of drug-likeness (QED) is 0.481. The molecule has 0 unspecified atom stereocenters. The van der Waals surface area contributed by atoms with Crippen molar-refractivity contribution in [3.8, 4) is 0 Å². The van der Waals surface area contributed by atoms with Gasteiger partial charge in [-0.25, -0.2) is 0 Å². The van der Waals surface area contributed by atoms with Gasteiger partial charge in [-0.1, -0.05) is 11.6 Å². The van der Waals surface area contributed by atoms with Crippen molar-refractivity contribution in [2.75, 3.05) is 13.1 Å². The lowest BCUT2D eigenvalue weighted by Crippen LogP contribution is -2.53. The van der Waals surface area contributed by atoms with Crippen molar-refractivity contribution in [3.63, 3.8) is 0 Å². The normalized spacial score (nSPS) is 14.9. The van der Waals surface area contributed by atoms with Gasteiger partial charge < -0.3 is 4.90 Å². The van der Waals surface area contributed by atoms with E-state index in [4.69, 9.17) is 11.6 Å². The van der Waals surface area contributed by atoms with Crippen molar-refractivity contribution in [2.24, 2.45) is 0 Å². The molecule has 8 nitrogen and oxygen atoms in total. The van der Waals surface area contributed by atoms with Crippen LogP contribution in [0.1, 0.15) is 10.4 Å². The minimum absolute atomic E-state index is 0.145. The van der Waals surface area contributed by atoms with Crippen LogP contribution < -0.4 is 5.32 Å². The number of carbonyl (C=O) groups is 3. The van der Waals surface area contributed by atoms with Crippen LogP contribution in [-0.4, -0.2) is 40.6 Å². The van der Waals surface area contributed by atoms with Gasteiger partial charge in [0.2, 0.25) is 11.8 Å². The molecule has 9 heteroatoms. The Morgan fingerprint density at radius 1 is 1.30 bits per heavy atom. The summed E-state index contributed by atoms with van der Waals surface area (Å²) in [5.74, 6) is -2.07. The molecule has 0 radical (unpaired) electrons. The first-order valence-corrected chi connectivity index (χ1v) is 5.82. The topological polar surface area (TPSA) is 110 Å². The number of imide groups is 1. The third-order valence-corrected chi connectivity index (χ3v) is 2.86. The van der Waals surface area contributed by atoms with Crippen molar-refractivity contribution in [2.45, 2.75) is 0 Å². The SMILES string of the molecule is O=C1CN(C(=O)c2cc(Cl)ccc2[N+](=O)[O-])CC(=O)N1. The molecular weight excluding hydrogens is 290 g/mol. The fourth-order valence-corrected chi connectivity index (χ4v) is 1.96. The van der Waals surface area contributed by atoms with Crippen LogP contribution in [0.4, 0.5) is 5.69 Å². The van der Waals surface area contributed by atoms with Gasteiger partial charge in [0, 0.05) is 11.1 Å². The Morgan fingerprint density at radius 2 is 1.90 bits per heavy atom. The molecule has 1 saturated heterocycles. The molecule has 0 bridgehead atoms. The van der Waals surface area contributed by atoms with E-state index in [-0.39, 0.29) is 23.7 Å². The Balaban J connectivity index is 2.37. The predicted octanol–water partition coefficient (Wildman–Crippen LogP) is 0.347. The molecule has 0 aliphatic carbocycles. The molecule has 1 heterocycles. The van der Waals surface area contributed by atoms with Crippen molar-refractivity contribution in [3.05, 3.63) is 38.9 Å². The molecule has 1 N–H and O–H groups in total. The number of amides is 3. The fraction of sp³-hybridized carbons (Fsp3) is 0.182. The molecule has 0 spiro atoms. The standard InChI is InChI=1S/C11H8ClN3O5/c12-6-1-2-8(15(19)20)7(3-6)11(18)14-4-9(16)13-10(17)5-14/h1-3H,4-5H2,(H,13,16,17). The number of hydrogen-bond acceptors (Lipinski definition) is 5. The first kappa shape index (κ1) is 13.9. The van der Waals surface area contributed by atoms with Crippen molar-refractivity contribution >= 4 is 35.0 Å². The lowest BCUT2D eigenvalue weighted by Gasteiger charge is -2.25. The fourth-order valence-electron chi connectivity index (χ4n) is 1.79. The van der Waals surface area contributed by atoms with Gasteiger partial charge in [-0.05, 0) is 12.1 Å². The zero-order valence-corrected chi connectivity index (χ0v) is 10.7. The number of nitrogens with one attached hydrogen (secondary N) is 1. The summed E-state index contributed by atoms with van der Waals surface area (Å²) >= 11 is 5.72. The number of halogens is 1. The summed E-state index contributed by atoms with van der Waals surface area (Å²) in [5.41, 5.74) is -0.692. The van der Waals surface area contributed by atoms with Crippen LogP contribution in [0.15, 0.2) is 18.2 Å². The van der Waals surface area contributed by atoms with E-state index in [2.05, 4.69) is 0 Å². The minimum Gasteiger partial charge on any atom is -0.320 e. The number of nitro groups is 1. The van der Waals surface area contributed by atoms with E-state index in [0.29, 0.717) is 0 Å². The second-order valence-electron chi connectivity index (χ2n) is 4.05. The molecule has 2 rings (SSSR count). The first-order valence-electron chi connectivity index (χ1n) is 5.44. The molecule has 20 heavy (non-hydrogen) atoms. The van der Waals surface area contributed by atoms with Crippen LogP contribution >= 0.6 is 11.6 Å². The zero-order chi connectivity index (χ0) is 14.9. The van der Waals surface area contributed by atoms with Crippen LogP contribution in [0.25, 0.3) is 0 Å². The lowest BCUT2D eigenvalue weighted by molar-refractivity contribution is -0.385. The van der Waals surface area contributed by atoms with Gasteiger partial charge in [0.25, 0.3) is 11.6 Å². The minimum atomic E-state index is -0.789. The van der Waals surface area contributed by atoms with Gasteiger partial charge in [-0.15, -0.1) is 0 Å². The number of benzene rings is 1. The van der Waals surface area contributed by atoms with Gasteiger partial charge in [0.15, 0.2) is 0 Å². The summed E-state index contributed by atoms with van der Waals surface area (Å²) in [6.45, 7) is -0.678. The van der Waals surface area contributed by atoms with Gasteiger partial charge in [-0.2, -0.15) is 0 Å². The molecule has 0 aromatic heterocycles. The summed E-state index contributed by atoms with van der Waals surface area (Å²) in [4.78, 5) is 45.7. The number of rotatable bonds is 2. The molecule has 1 fully saturated rings. The van der Waals surface area contributed by atoms with E-state index in [9.17, 15) is 24.5 Å². The Hall–Kier alpha value is -2.48. The Kier molecular flexibility index (Phi) is 3.66. The molecule has 1 aliphatic rings. The first-order chi connectivity index (χ1) is 9.38. The lowest BCUT2D eigenvalue weighted by atomic mass is 10.1. The molecule has 3 amide bonds. The Bertz CT molecular complexity index is 614. The highest BCUT2D eigenvalue weighted by Crippen LogP contribution is 2.24. The molecule has 1 aromatic rings. The summed E-state index contributed by atoms with van der Waals surface area (Å²) < 4.78 is 0. The maximum atomic E-state index is 12.2. The Morgan fingerprint density at radius 3 is 2.45 bits per heavy atom. The second-order valence-corrected chi connectivity index (χ2v) is 4.49. The molecule has 104 valence electrons. The average molecular weight is 298 g/mol. The molecule has 1 aliphatic heterocycles. The smallest absolute Gasteiger partial charge is 0.282 e. The number of hydrogen-bond donors (Lipinski definition) is 1. The van der Waals surface area contributed by atoms with Gasteiger partial charge in [0.1, 0.15) is 18.7 Å². The third kappa shape index (κ3) is 2.75. The van der Waals surface area contributed by atoms with Crippen LogP contribution in [0.5, 0.6) is 0 Å². The van der Waals surface area contributed by atoms with Crippen LogP contribution in [-0.2, 0) is 9.59 Å². The van der Waals surface area contributed by atoms with E-state index in [1.54, 1.807) is 0 Å². The van der Waals surface area contributed by atoms with Crippen molar-refractivity contribution in [1.82, 2.24) is 10.2 Å². The summed E-state index contributed by atoms with van der Waals surface area (Å²) in [7, 11) is 0. The maximum absolute atomic E-state index is 12.2. The highest BCUT2D eigenvalue weighted by Gasteiger charge is 2.31. The second kappa shape index (κ2) is 5.25. The number of carbonyl (C=O) groups excluding carboxylic acids is 3. The highest BCUT2D eigenvalue weighted by molar-refractivity contribution is 6.31. The van der Waals surface area contributed by atoms with Crippen LogP contribution in [0.3, 0.4) is 0 Å². The van der Waals surface area contributed by atoms with E-state index >= 15 is 0 Å². The van der Waals surface area contributed by atoms with Crippen LogP contribution in [0.2, 0.25) is 5.02 Å². The van der Waals surface area contributed by atoms with E-state index in [1.807, 2.05) is 5.32 Å². The summed E-state index contributed by atoms with van der Waals surface area (Å²) in [6, 6.07) is 3.52. The molecule has 0 saturated carbocycles. The number of piperazine rings is 1. The summed E-state index contributed by atoms with van der Waals surface area (Å²) in [6.07, 6.45) is 0. The van der Waals surface area contributed by atoms with Crippen LogP contribution in [0, 0.1) is 10.1 Å². The van der Waals surface area contributed by atoms with Gasteiger partial charge in [-0.3, -0.25) is 29.8 Å². The van der Waals surface area contributed by atoms with Gasteiger partial charge in [0.05, 0.1) is 4.92 Å².